The van der Waals surface area contributed by atoms with Gasteiger partial charge in [-0.2, -0.15) is 8.42 Å². The number of sulfone groups is 2. The van der Waals surface area contributed by atoms with Gasteiger partial charge >= 0.3 is 0 Å². The number of rotatable bonds is 5. The SMILES string of the molecule is CCS(=O)(=O)c1ccc(S(=O)(=O)c2ccc(Cl)c(S(=O)(=O)O)c2)c(N)c1. The first kappa shape index (κ1) is 20.6. The summed E-state index contributed by atoms with van der Waals surface area (Å²) in [6, 6.07) is 5.89. The second kappa shape index (κ2) is 6.82. The van der Waals surface area contributed by atoms with Crippen molar-refractivity contribution in [3.63, 3.8) is 0 Å². The van der Waals surface area contributed by atoms with Crippen molar-refractivity contribution in [3.8, 4) is 0 Å². The van der Waals surface area contributed by atoms with Crippen LogP contribution in [0.25, 0.3) is 0 Å². The Balaban J connectivity index is 2.66. The van der Waals surface area contributed by atoms with E-state index in [1.807, 2.05) is 0 Å². The maximum absolute atomic E-state index is 12.7. The Morgan fingerprint density at radius 2 is 1.50 bits per heavy atom. The molecule has 0 unspecified atom stereocenters. The summed E-state index contributed by atoms with van der Waals surface area (Å²) in [5.74, 6) is -0.187. The Hall–Kier alpha value is -1.66. The number of halogens is 1. The van der Waals surface area contributed by atoms with E-state index in [0.717, 1.165) is 30.3 Å². The second-order valence-corrected chi connectivity index (χ2v) is 11.2. The quantitative estimate of drug-likeness (QED) is 0.529. The van der Waals surface area contributed by atoms with Crippen molar-refractivity contribution in [3.05, 3.63) is 41.4 Å². The smallest absolute Gasteiger partial charge is 0.296 e. The Morgan fingerprint density at radius 1 is 0.923 bits per heavy atom. The Bertz CT molecular complexity index is 1190. The molecular formula is C14H14ClNO7S3. The van der Waals surface area contributed by atoms with E-state index in [0.29, 0.717) is 6.07 Å². The van der Waals surface area contributed by atoms with Crippen LogP contribution >= 0.6 is 11.6 Å². The first-order valence-corrected chi connectivity index (χ1v) is 11.9. The van der Waals surface area contributed by atoms with Crippen LogP contribution in [0.2, 0.25) is 5.02 Å². The highest BCUT2D eigenvalue weighted by molar-refractivity contribution is 7.92. The molecule has 0 bridgehead atoms. The third-order valence-corrected chi connectivity index (χ3v) is 8.39. The van der Waals surface area contributed by atoms with Gasteiger partial charge in [-0.3, -0.25) is 4.55 Å². The molecule has 8 nitrogen and oxygen atoms in total. The van der Waals surface area contributed by atoms with Crippen molar-refractivity contribution >= 4 is 47.1 Å². The van der Waals surface area contributed by atoms with Crippen LogP contribution < -0.4 is 5.73 Å². The van der Waals surface area contributed by atoms with Crippen molar-refractivity contribution in [2.24, 2.45) is 0 Å². The average molecular weight is 440 g/mol. The molecule has 2 aromatic rings. The summed E-state index contributed by atoms with van der Waals surface area (Å²) < 4.78 is 80.9. The van der Waals surface area contributed by atoms with Crippen molar-refractivity contribution in [2.75, 3.05) is 11.5 Å². The topological polar surface area (TPSA) is 149 Å². The zero-order valence-electron chi connectivity index (χ0n) is 13.2. The molecule has 0 fully saturated rings. The second-order valence-electron chi connectivity index (χ2n) is 5.17. The lowest BCUT2D eigenvalue weighted by atomic mass is 10.3. The molecule has 0 heterocycles. The number of benzene rings is 2. The molecule has 0 aromatic heterocycles. The van der Waals surface area contributed by atoms with Gasteiger partial charge in [0.1, 0.15) is 4.90 Å². The molecule has 0 atom stereocenters. The van der Waals surface area contributed by atoms with Gasteiger partial charge in [0, 0.05) is 0 Å². The summed E-state index contributed by atoms with van der Waals surface area (Å²) in [5, 5.41) is -0.358. The first-order chi connectivity index (χ1) is 11.8. The third kappa shape index (κ3) is 3.86. The summed E-state index contributed by atoms with van der Waals surface area (Å²) in [5.41, 5.74) is 5.40. The summed E-state index contributed by atoms with van der Waals surface area (Å²) >= 11 is 5.67. The monoisotopic (exact) mass is 439 g/mol. The fourth-order valence-corrected chi connectivity index (χ4v) is 5.49. The summed E-state index contributed by atoms with van der Waals surface area (Å²) in [4.78, 5) is -1.79. The van der Waals surface area contributed by atoms with E-state index < -0.39 is 44.5 Å². The van der Waals surface area contributed by atoms with E-state index in [1.54, 1.807) is 0 Å². The molecule has 0 spiro atoms. The van der Waals surface area contributed by atoms with Gasteiger partial charge in [-0.1, -0.05) is 18.5 Å². The molecule has 0 saturated carbocycles. The molecule has 142 valence electrons. The van der Waals surface area contributed by atoms with Gasteiger partial charge in [0.25, 0.3) is 10.1 Å². The summed E-state index contributed by atoms with van der Waals surface area (Å²) in [6.45, 7) is 1.43. The van der Waals surface area contributed by atoms with E-state index in [9.17, 15) is 25.3 Å². The molecule has 12 heteroatoms. The molecule has 0 radical (unpaired) electrons. The highest BCUT2D eigenvalue weighted by Crippen LogP contribution is 2.31. The largest absolute Gasteiger partial charge is 0.398 e. The van der Waals surface area contributed by atoms with Crippen LogP contribution in [0.1, 0.15) is 6.92 Å². The highest BCUT2D eigenvalue weighted by atomic mass is 35.5. The van der Waals surface area contributed by atoms with Crippen LogP contribution in [0.15, 0.2) is 56.0 Å². The van der Waals surface area contributed by atoms with Gasteiger partial charge < -0.3 is 5.73 Å². The molecular weight excluding hydrogens is 426 g/mol. The van der Waals surface area contributed by atoms with Gasteiger partial charge in [-0.05, 0) is 36.4 Å². The van der Waals surface area contributed by atoms with Gasteiger partial charge in [0.15, 0.2) is 9.84 Å². The predicted octanol–water partition coefficient (Wildman–Crippen LogP) is 1.80. The van der Waals surface area contributed by atoms with Gasteiger partial charge in [0.2, 0.25) is 9.84 Å². The van der Waals surface area contributed by atoms with Crippen molar-refractivity contribution in [2.45, 2.75) is 26.5 Å². The number of nitrogen functional groups attached to an aromatic ring is 1. The van der Waals surface area contributed by atoms with Crippen LogP contribution in [-0.4, -0.2) is 35.6 Å². The lowest BCUT2D eigenvalue weighted by Crippen LogP contribution is -2.10. The number of hydrogen-bond donors (Lipinski definition) is 2. The van der Waals surface area contributed by atoms with E-state index in [2.05, 4.69) is 0 Å². The Morgan fingerprint density at radius 3 is 2.00 bits per heavy atom. The summed E-state index contributed by atoms with van der Waals surface area (Å²) in [7, 11) is -12.6. The molecule has 26 heavy (non-hydrogen) atoms. The molecule has 0 aliphatic rings. The predicted molar refractivity (Wildman–Crippen MR) is 95.3 cm³/mol. The molecule has 0 aliphatic carbocycles. The normalized spacial score (nSPS) is 12.9. The molecule has 2 aromatic carbocycles. The maximum atomic E-state index is 12.7. The van der Waals surface area contributed by atoms with E-state index in [4.69, 9.17) is 21.9 Å². The Kier molecular flexibility index (Phi) is 5.41. The number of nitrogens with two attached hydrogens (primary N) is 1. The highest BCUT2D eigenvalue weighted by Gasteiger charge is 2.25. The molecule has 3 N–H and O–H groups in total. The third-order valence-electron chi connectivity index (χ3n) is 3.50. The lowest BCUT2D eigenvalue weighted by molar-refractivity contribution is 0.483. The minimum Gasteiger partial charge on any atom is -0.398 e. The van der Waals surface area contributed by atoms with Gasteiger partial charge in [0.05, 0.1) is 31.1 Å². The molecule has 0 saturated heterocycles. The average Bonchev–Trinajstić information content (AvgIpc) is 2.53. The maximum Gasteiger partial charge on any atom is 0.296 e. The van der Waals surface area contributed by atoms with Crippen LogP contribution in [-0.2, 0) is 29.8 Å². The Labute approximate surface area is 156 Å². The van der Waals surface area contributed by atoms with Crippen LogP contribution in [0.3, 0.4) is 0 Å². The molecule has 0 amide bonds. The van der Waals surface area contributed by atoms with Crippen molar-refractivity contribution < 1.29 is 29.8 Å². The van der Waals surface area contributed by atoms with Crippen LogP contribution in [0, 0.1) is 0 Å². The zero-order chi connectivity index (χ0) is 19.9. The molecule has 0 aliphatic heterocycles. The first-order valence-electron chi connectivity index (χ1n) is 6.95. The van der Waals surface area contributed by atoms with E-state index in [1.165, 1.54) is 6.92 Å². The van der Waals surface area contributed by atoms with Crippen molar-refractivity contribution in [1.29, 1.82) is 0 Å². The lowest BCUT2D eigenvalue weighted by Gasteiger charge is -2.11. The fourth-order valence-electron chi connectivity index (χ4n) is 2.11. The summed E-state index contributed by atoms with van der Waals surface area (Å²) in [6.07, 6.45) is 0. The molecule has 2 rings (SSSR count). The van der Waals surface area contributed by atoms with Gasteiger partial charge in [-0.15, -0.1) is 0 Å². The number of anilines is 1. The van der Waals surface area contributed by atoms with Gasteiger partial charge in [-0.25, -0.2) is 16.8 Å². The van der Waals surface area contributed by atoms with E-state index >= 15 is 0 Å². The standard InChI is InChI=1S/C14H14ClNO7S3/c1-2-24(17,18)9-4-6-13(12(16)7-9)25(19,20)10-3-5-11(15)14(8-10)26(21,22)23/h3-8H,2,16H2,1H3,(H,21,22,23). The minimum atomic E-state index is -4.75. The fraction of sp³-hybridized carbons (Fsp3) is 0.143. The van der Waals surface area contributed by atoms with E-state index in [-0.39, 0.29) is 21.4 Å². The minimum absolute atomic E-state index is 0.133. The van der Waals surface area contributed by atoms with Crippen LogP contribution in [0.4, 0.5) is 5.69 Å². The van der Waals surface area contributed by atoms with Crippen molar-refractivity contribution in [1.82, 2.24) is 0 Å². The van der Waals surface area contributed by atoms with Crippen LogP contribution in [0.5, 0.6) is 0 Å². The zero-order valence-corrected chi connectivity index (χ0v) is 16.5. The number of hydrogen-bond acceptors (Lipinski definition) is 7.